The summed E-state index contributed by atoms with van der Waals surface area (Å²) in [5.41, 5.74) is -0.278. The van der Waals surface area contributed by atoms with E-state index in [0.717, 1.165) is 19.5 Å². The fourth-order valence-corrected chi connectivity index (χ4v) is 2.32. The summed E-state index contributed by atoms with van der Waals surface area (Å²) in [6.45, 7) is 6.27. The fourth-order valence-electron chi connectivity index (χ4n) is 2.32. The van der Waals surface area contributed by atoms with Crippen molar-refractivity contribution < 1.29 is 4.79 Å². The number of rotatable bonds is 4. The van der Waals surface area contributed by atoms with Gasteiger partial charge in [0.05, 0.1) is 12.0 Å². The molecule has 1 fully saturated rings. The van der Waals surface area contributed by atoms with Gasteiger partial charge in [0.25, 0.3) is 0 Å². The van der Waals surface area contributed by atoms with Crippen LogP contribution >= 0.6 is 0 Å². The number of carbonyl (C=O) groups is 1. The number of nitrogens with zero attached hydrogens (tertiary/aromatic N) is 2. The van der Waals surface area contributed by atoms with Gasteiger partial charge in [-0.15, -0.1) is 0 Å². The lowest BCUT2D eigenvalue weighted by molar-refractivity contribution is -0.132. The second-order valence-electron chi connectivity index (χ2n) is 4.85. The Morgan fingerprint density at radius 2 is 2.47 bits per heavy atom. The molecule has 1 aromatic heterocycles. The van der Waals surface area contributed by atoms with Crippen LogP contribution in [0.5, 0.6) is 0 Å². The third kappa shape index (κ3) is 2.31. The number of carbonyl (C=O) groups excluding carboxylic acids is 1. The molecule has 1 aliphatic heterocycles. The van der Waals surface area contributed by atoms with E-state index in [1.165, 1.54) is 6.33 Å². The molecule has 17 heavy (non-hydrogen) atoms. The van der Waals surface area contributed by atoms with E-state index in [9.17, 15) is 4.79 Å². The van der Waals surface area contributed by atoms with Gasteiger partial charge in [0, 0.05) is 6.54 Å². The lowest BCUT2D eigenvalue weighted by Crippen LogP contribution is -2.45. The molecule has 1 aliphatic rings. The van der Waals surface area contributed by atoms with Crippen molar-refractivity contribution in [1.82, 2.24) is 25.8 Å². The van der Waals surface area contributed by atoms with Gasteiger partial charge in [0.2, 0.25) is 5.91 Å². The predicted octanol–water partition coefficient (Wildman–Crippen LogP) is 0.0566. The third-order valence-electron chi connectivity index (χ3n) is 3.63. The number of hydrogen-bond acceptors (Lipinski definition) is 4. The summed E-state index contributed by atoms with van der Waals surface area (Å²) >= 11 is 0. The summed E-state index contributed by atoms with van der Waals surface area (Å²) in [4.78, 5) is 16.3. The van der Waals surface area contributed by atoms with E-state index in [0.29, 0.717) is 18.3 Å². The Morgan fingerprint density at radius 3 is 3.00 bits per heavy atom. The number of H-pyrrole nitrogens is 1. The largest absolute Gasteiger partial charge is 0.348 e. The van der Waals surface area contributed by atoms with Crippen LogP contribution in [0.15, 0.2) is 6.33 Å². The van der Waals surface area contributed by atoms with Crippen molar-refractivity contribution in [2.75, 3.05) is 13.1 Å². The molecule has 1 saturated heterocycles. The van der Waals surface area contributed by atoms with Gasteiger partial charge < -0.3 is 10.6 Å². The Labute approximate surface area is 101 Å². The van der Waals surface area contributed by atoms with Crippen molar-refractivity contribution in [2.45, 2.75) is 26.8 Å². The van der Waals surface area contributed by atoms with Crippen molar-refractivity contribution in [3.63, 3.8) is 0 Å². The predicted molar refractivity (Wildman–Crippen MR) is 63.0 cm³/mol. The van der Waals surface area contributed by atoms with Crippen molar-refractivity contribution in [3.05, 3.63) is 12.2 Å². The third-order valence-corrected chi connectivity index (χ3v) is 3.63. The zero-order chi connectivity index (χ0) is 12.3. The molecule has 0 aliphatic carbocycles. The quantitative estimate of drug-likeness (QED) is 0.691. The minimum absolute atomic E-state index is 0.105. The summed E-state index contributed by atoms with van der Waals surface area (Å²) in [5.74, 6) is 1.12. The highest BCUT2D eigenvalue weighted by molar-refractivity contribution is 5.83. The molecule has 6 nitrogen and oxygen atoms in total. The number of amides is 1. The standard InChI is InChI=1S/C11H19N5O/c1-8(2)11(3-4-12-6-11)10(17)13-5-9-14-7-15-16-9/h7-8,12H,3-6H2,1-2H3,(H,13,17)(H,14,15,16). The van der Waals surface area contributed by atoms with Crippen LogP contribution in [0, 0.1) is 11.3 Å². The van der Waals surface area contributed by atoms with Gasteiger partial charge in [-0.2, -0.15) is 5.10 Å². The Bertz CT molecular complexity index is 367. The van der Waals surface area contributed by atoms with Crippen LogP contribution < -0.4 is 10.6 Å². The number of hydrogen-bond donors (Lipinski definition) is 3. The molecule has 94 valence electrons. The van der Waals surface area contributed by atoms with Crippen LogP contribution in [-0.2, 0) is 11.3 Å². The molecule has 6 heteroatoms. The normalized spacial score (nSPS) is 24.2. The zero-order valence-corrected chi connectivity index (χ0v) is 10.3. The highest BCUT2D eigenvalue weighted by Gasteiger charge is 2.43. The molecular weight excluding hydrogens is 218 g/mol. The minimum Gasteiger partial charge on any atom is -0.348 e. The maximum Gasteiger partial charge on any atom is 0.228 e. The monoisotopic (exact) mass is 237 g/mol. The molecule has 1 aromatic rings. The van der Waals surface area contributed by atoms with Crippen LogP contribution in [0.3, 0.4) is 0 Å². The van der Waals surface area contributed by atoms with Gasteiger partial charge >= 0.3 is 0 Å². The van der Waals surface area contributed by atoms with E-state index in [1.807, 2.05) is 0 Å². The second-order valence-corrected chi connectivity index (χ2v) is 4.85. The first-order valence-electron chi connectivity index (χ1n) is 5.98. The topological polar surface area (TPSA) is 82.7 Å². The summed E-state index contributed by atoms with van der Waals surface area (Å²) < 4.78 is 0. The molecule has 1 amide bonds. The van der Waals surface area contributed by atoms with Crippen LogP contribution in [0.1, 0.15) is 26.1 Å². The van der Waals surface area contributed by atoms with Crippen LogP contribution in [0.4, 0.5) is 0 Å². The second kappa shape index (κ2) is 4.83. The van der Waals surface area contributed by atoms with E-state index in [1.54, 1.807) is 0 Å². The molecule has 0 radical (unpaired) electrons. The van der Waals surface area contributed by atoms with Crippen molar-refractivity contribution in [2.24, 2.45) is 11.3 Å². The van der Waals surface area contributed by atoms with Crippen LogP contribution in [-0.4, -0.2) is 34.2 Å². The first-order chi connectivity index (χ1) is 8.15. The summed E-state index contributed by atoms with van der Waals surface area (Å²) in [6.07, 6.45) is 2.34. The lowest BCUT2D eigenvalue weighted by Gasteiger charge is -2.30. The van der Waals surface area contributed by atoms with Crippen LogP contribution in [0.25, 0.3) is 0 Å². The van der Waals surface area contributed by atoms with Crippen molar-refractivity contribution >= 4 is 5.91 Å². The molecule has 3 N–H and O–H groups in total. The first kappa shape index (κ1) is 12.0. The smallest absolute Gasteiger partial charge is 0.228 e. The highest BCUT2D eigenvalue weighted by Crippen LogP contribution is 2.34. The van der Waals surface area contributed by atoms with Gasteiger partial charge in [-0.3, -0.25) is 9.89 Å². The van der Waals surface area contributed by atoms with E-state index >= 15 is 0 Å². The Balaban J connectivity index is 1.98. The first-order valence-corrected chi connectivity index (χ1v) is 5.98. The van der Waals surface area contributed by atoms with Gasteiger partial charge in [-0.25, -0.2) is 4.98 Å². The zero-order valence-electron chi connectivity index (χ0n) is 10.3. The number of nitrogens with one attached hydrogen (secondary N) is 3. The molecule has 1 atom stereocenters. The van der Waals surface area contributed by atoms with Crippen molar-refractivity contribution in [3.8, 4) is 0 Å². The van der Waals surface area contributed by atoms with Gasteiger partial charge in [0.1, 0.15) is 12.2 Å². The Morgan fingerprint density at radius 1 is 1.65 bits per heavy atom. The SMILES string of the molecule is CC(C)C1(C(=O)NCc2ncn[nH]2)CCNC1. The molecule has 2 rings (SSSR count). The summed E-state index contributed by atoms with van der Waals surface area (Å²) in [5, 5.41) is 12.7. The molecule has 1 unspecified atom stereocenters. The number of aromatic amines is 1. The van der Waals surface area contributed by atoms with Gasteiger partial charge in [0.15, 0.2) is 0 Å². The molecule has 0 bridgehead atoms. The molecule has 0 spiro atoms. The van der Waals surface area contributed by atoms with E-state index in [4.69, 9.17) is 0 Å². The maximum absolute atomic E-state index is 12.3. The minimum atomic E-state index is -0.278. The fraction of sp³-hybridized carbons (Fsp3) is 0.727. The van der Waals surface area contributed by atoms with E-state index < -0.39 is 0 Å². The number of aromatic nitrogens is 3. The molecule has 0 aromatic carbocycles. The van der Waals surface area contributed by atoms with Gasteiger partial charge in [-0.05, 0) is 18.9 Å². The van der Waals surface area contributed by atoms with Crippen molar-refractivity contribution in [1.29, 1.82) is 0 Å². The van der Waals surface area contributed by atoms with E-state index in [-0.39, 0.29) is 11.3 Å². The van der Waals surface area contributed by atoms with Crippen LogP contribution in [0.2, 0.25) is 0 Å². The lowest BCUT2D eigenvalue weighted by atomic mass is 9.75. The summed E-state index contributed by atoms with van der Waals surface area (Å²) in [6, 6.07) is 0. The Hall–Kier alpha value is -1.43. The highest BCUT2D eigenvalue weighted by atomic mass is 16.2. The van der Waals surface area contributed by atoms with Gasteiger partial charge in [-0.1, -0.05) is 13.8 Å². The molecule has 0 saturated carbocycles. The molecular formula is C11H19N5O. The average molecular weight is 237 g/mol. The summed E-state index contributed by atoms with van der Waals surface area (Å²) in [7, 11) is 0. The molecule has 2 heterocycles. The maximum atomic E-state index is 12.3. The van der Waals surface area contributed by atoms with E-state index in [2.05, 4.69) is 39.7 Å². The average Bonchev–Trinajstić information content (AvgIpc) is 2.97. The Kier molecular flexibility index (Phi) is 3.42.